The summed E-state index contributed by atoms with van der Waals surface area (Å²) in [4.78, 5) is 17.5. The zero-order valence-electron chi connectivity index (χ0n) is 12.6. The van der Waals surface area contributed by atoms with Crippen LogP contribution in [0.25, 0.3) is 6.08 Å². The first-order valence-electron chi connectivity index (χ1n) is 7.56. The zero-order valence-corrected chi connectivity index (χ0v) is 15.0. The molecule has 0 radical (unpaired) electrons. The van der Waals surface area contributed by atoms with Gasteiger partial charge in [-0.2, -0.15) is 0 Å². The number of nitrogens with two attached hydrogens (primary N) is 1. The van der Waals surface area contributed by atoms with Gasteiger partial charge >= 0.3 is 0 Å². The monoisotopic (exact) mass is 388 g/mol. The van der Waals surface area contributed by atoms with Crippen LogP contribution in [0.1, 0.15) is 39.2 Å². The molecule has 3 rings (SSSR count). The summed E-state index contributed by atoms with van der Waals surface area (Å²) >= 11 is 5.01. The van der Waals surface area contributed by atoms with E-state index in [4.69, 9.17) is 5.73 Å². The highest BCUT2D eigenvalue weighted by atomic mass is 79.9. The number of halogens is 1. The highest BCUT2D eigenvalue weighted by Crippen LogP contribution is 2.39. The van der Waals surface area contributed by atoms with E-state index < -0.39 is 0 Å². The first kappa shape index (κ1) is 16.1. The normalized spacial score (nSPS) is 14.5. The molecule has 1 aliphatic rings. The Morgan fingerprint density at radius 1 is 1.22 bits per heavy atom. The van der Waals surface area contributed by atoms with Crippen LogP contribution in [0.3, 0.4) is 0 Å². The van der Waals surface area contributed by atoms with E-state index in [9.17, 15) is 4.79 Å². The number of thiophene rings is 1. The summed E-state index contributed by atoms with van der Waals surface area (Å²) < 4.78 is 1.05. The molecule has 1 amide bonds. The number of hydrogen-bond acceptors (Lipinski definition) is 3. The summed E-state index contributed by atoms with van der Waals surface area (Å²) in [5.74, 6) is -0.367. The molecule has 1 heterocycles. The quantitative estimate of drug-likeness (QED) is 0.743. The van der Waals surface area contributed by atoms with Gasteiger partial charge in [-0.15, -0.1) is 11.3 Å². The Bertz CT molecular complexity index is 775. The minimum absolute atomic E-state index is 0.367. The van der Waals surface area contributed by atoms with Crippen LogP contribution in [-0.4, -0.2) is 12.1 Å². The number of allylic oxidation sites excluding steroid dienone is 1. The zero-order chi connectivity index (χ0) is 16.2. The smallest absolute Gasteiger partial charge is 0.252 e. The Hall–Kier alpha value is -1.72. The second-order valence-corrected chi connectivity index (χ2v) is 7.44. The fourth-order valence-corrected chi connectivity index (χ4v) is 4.25. The largest absolute Gasteiger partial charge is 0.365 e. The van der Waals surface area contributed by atoms with Crippen LogP contribution >= 0.6 is 27.3 Å². The van der Waals surface area contributed by atoms with Gasteiger partial charge < -0.3 is 5.73 Å². The van der Waals surface area contributed by atoms with Crippen molar-refractivity contribution in [3.63, 3.8) is 0 Å². The fraction of sp³-hybridized carbons (Fsp3) is 0.222. The van der Waals surface area contributed by atoms with Crippen molar-refractivity contribution in [1.82, 2.24) is 0 Å². The molecule has 118 valence electrons. The molecule has 0 spiro atoms. The maximum absolute atomic E-state index is 11.8. The molecule has 1 aromatic heterocycles. The van der Waals surface area contributed by atoms with Crippen LogP contribution in [-0.2, 0) is 12.8 Å². The van der Waals surface area contributed by atoms with Gasteiger partial charge in [0, 0.05) is 15.6 Å². The average Bonchev–Trinajstić information content (AvgIpc) is 2.91. The van der Waals surface area contributed by atoms with Crippen LogP contribution in [0.15, 0.2) is 39.8 Å². The predicted octanol–water partition coefficient (Wildman–Crippen LogP) is 4.90. The van der Waals surface area contributed by atoms with E-state index in [1.165, 1.54) is 11.3 Å². The van der Waals surface area contributed by atoms with Gasteiger partial charge in [0.1, 0.15) is 5.00 Å². The van der Waals surface area contributed by atoms with Crippen LogP contribution in [0.4, 0.5) is 5.00 Å². The van der Waals surface area contributed by atoms with Crippen molar-refractivity contribution in [2.24, 2.45) is 10.7 Å². The van der Waals surface area contributed by atoms with Gasteiger partial charge in [0.15, 0.2) is 0 Å². The standard InChI is InChI=1S/C18H17BrN2OS/c19-13-9-7-12(8-10-13)4-3-11-21-18-16(17(20)22)14-5-1-2-6-15(14)23-18/h3-4,7-11H,1-2,5-6H2,(H2,20,22)/b4-3+,21-11+. The lowest BCUT2D eigenvalue weighted by Crippen LogP contribution is -2.14. The number of aryl methyl sites for hydroxylation is 1. The van der Waals surface area contributed by atoms with Crippen LogP contribution < -0.4 is 5.73 Å². The lowest BCUT2D eigenvalue weighted by atomic mass is 9.95. The van der Waals surface area contributed by atoms with E-state index >= 15 is 0 Å². The first-order valence-corrected chi connectivity index (χ1v) is 9.17. The second kappa shape index (κ2) is 7.23. The second-order valence-electron chi connectivity index (χ2n) is 5.44. The molecule has 2 aromatic rings. The molecule has 0 saturated heterocycles. The third-order valence-electron chi connectivity index (χ3n) is 3.84. The summed E-state index contributed by atoms with van der Waals surface area (Å²) in [7, 11) is 0. The van der Waals surface area contributed by atoms with Gasteiger partial charge in [0.05, 0.1) is 5.56 Å². The molecule has 0 unspecified atom stereocenters. The van der Waals surface area contributed by atoms with Crippen molar-refractivity contribution in [2.45, 2.75) is 25.7 Å². The molecule has 0 aliphatic heterocycles. The molecule has 23 heavy (non-hydrogen) atoms. The Kier molecular flexibility index (Phi) is 5.08. The minimum atomic E-state index is -0.367. The van der Waals surface area contributed by atoms with Crippen LogP contribution in [0, 0.1) is 0 Å². The molecular formula is C18H17BrN2OS. The lowest BCUT2D eigenvalue weighted by molar-refractivity contribution is 0.100. The van der Waals surface area contributed by atoms with Crippen molar-refractivity contribution >= 4 is 50.5 Å². The summed E-state index contributed by atoms with van der Waals surface area (Å²) in [6.45, 7) is 0. The fourth-order valence-electron chi connectivity index (χ4n) is 2.74. The van der Waals surface area contributed by atoms with E-state index in [0.29, 0.717) is 5.56 Å². The number of primary amides is 1. The molecule has 5 heteroatoms. The predicted molar refractivity (Wildman–Crippen MR) is 101 cm³/mol. The van der Waals surface area contributed by atoms with Crippen molar-refractivity contribution in [1.29, 1.82) is 0 Å². The Balaban J connectivity index is 1.80. The van der Waals surface area contributed by atoms with Gasteiger partial charge in [0.2, 0.25) is 0 Å². The number of rotatable bonds is 4. The third-order valence-corrected chi connectivity index (χ3v) is 5.56. The Morgan fingerprint density at radius 2 is 1.96 bits per heavy atom. The van der Waals surface area contributed by atoms with Crippen molar-refractivity contribution < 1.29 is 4.79 Å². The molecule has 1 aliphatic carbocycles. The highest BCUT2D eigenvalue weighted by Gasteiger charge is 2.23. The van der Waals surface area contributed by atoms with E-state index in [1.807, 2.05) is 36.4 Å². The Labute approximate surface area is 148 Å². The summed E-state index contributed by atoms with van der Waals surface area (Å²) in [6, 6.07) is 8.03. The molecule has 0 atom stereocenters. The number of amides is 1. The third kappa shape index (κ3) is 3.79. The number of nitrogens with zero attached hydrogens (tertiary/aromatic N) is 1. The molecule has 2 N–H and O–H groups in total. The maximum Gasteiger partial charge on any atom is 0.252 e. The summed E-state index contributed by atoms with van der Waals surface area (Å²) in [6.07, 6.45) is 9.86. The number of carbonyl (C=O) groups is 1. The number of hydrogen-bond donors (Lipinski definition) is 1. The van der Waals surface area contributed by atoms with Gasteiger partial charge in [-0.3, -0.25) is 4.79 Å². The minimum Gasteiger partial charge on any atom is -0.365 e. The van der Waals surface area contributed by atoms with Crippen LogP contribution in [0.5, 0.6) is 0 Å². The summed E-state index contributed by atoms with van der Waals surface area (Å²) in [5.41, 5.74) is 8.41. The van der Waals surface area contributed by atoms with Gasteiger partial charge in [-0.25, -0.2) is 4.99 Å². The van der Waals surface area contributed by atoms with Crippen molar-refractivity contribution in [3.05, 3.63) is 56.4 Å². The lowest BCUT2D eigenvalue weighted by Gasteiger charge is -2.10. The number of benzene rings is 1. The molecule has 1 aromatic carbocycles. The summed E-state index contributed by atoms with van der Waals surface area (Å²) in [5, 5.41) is 0.741. The van der Waals surface area contributed by atoms with Crippen LogP contribution in [0.2, 0.25) is 0 Å². The molecule has 0 saturated carbocycles. The van der Waals surface area contributed by atoms with E-state index in [0.717, 1.165) is 39.9 Å². The Morgan fingerprint density at radius 3 is 2.70 bits per heavy atom. The van der Waals surface area contributed by atoms with Gasteiger partial charge in [-0.1, -0.05) is 34.1 Å². The first-order chi connectivity index (χ1) is 11.1. The average molecular weight is 389 g/mol. The van der Waals surface area contributed by atoms with Gasteiger partial charge in [-0.05, 0) is 55.0 Å². The maximum atomic E-state index is 11.8. The van der Waals surface area contributed by atoms with Gasteiger partial charge in [0.25, 0.3) is 5.91 Å². The number of fused-ring (bicyclic) bond motifs is 1. The topological polar surface area (TPSA) is 55.5 Å². The number of carbonyl (C=O) groups excluding carboxylic acids is 1. The van der Waals surface area contributed by atoms with E-state index in [-0.39, 0.29) is 5.91 Å². The molecule has 0 bridgehead atoms. The molecule has 0 fully saturated rings. The highest BCUT2D eigenvalue weighted by molar-refractivity contribution is 9.10. The van der Waals surface area contributed by atoms with Crippen molar-refractivity contribution in [3.8, 4) is 0 Å². The molecule has 3 nitrogen and oxygen atoms in total. The van der Waals surface area contributed by atoms with E-state index in [1.54, 1.807) is 17.6 Å². The molecular weight excluding hydrogens is 372 g/mol. The van der Waals surface area contributed by atoms with Crippen molar-refractivity contribution in [2.75, 3.05) is 0 Å². The van der Waals surface area contributed by atoms with E-state index in [2.05, 4.69) is 20.9 Å². The number of aliphatic imine (C=N–C) groups is 1. The SMILES string of the molecule is NC(=O)c1c(/N=C/C=C/c2ccc(Br)cc2)sc2c1CCCC2.